The number of hydrogen-bond donors (Lipinski definition) is 2. The van der Waals surface area contributed by atoms with Crippen molar-refractivity contribution in [1.82, 2.24) is 19.9 Å². The Morgan fingerprint density at radius 2 is 1.81 bits per heavy atom. The minimum Gasteiger partial charge on any atom is -0.418 e. The molecule has 2 aromatic heterocycles. The van der Waals surface area contributed by atoms with E-state index >= 15 is 0 Å². The van der Waals surface area contributed by atoms with Crippen LogP contribution in [0.25, 0.3) is 0 Å². The van der Waals surface area contributed by atoms with Gasteiger partial charge >= 0.3 is 6.01 Å². The molecule has 1 fully saturated rings. The summed E-state index contributed by atoms with van der Waals surface area (Å²) in [6, 6.07) is 4.18. The van der Waals surface area contributed by atoms with Crippen LogP contribution < -0.4 is 15.5 Å². The molecule has 0 unspecified atom stereocenters. The number of ether oxygens (including phenoxy) is 1. The highest BCUT2D eigenvalue weighted by Crippen LogP contribution is 2.23. The molecular formula is C22H27N7O3. The minimum absolute atomic E-state index is 0.0880. The summed E-state index contributed by atoms with van der Waals surface area (Å²) in [6.45, 7) is 10.6. The number of rotatable bonds is 6. The van der Waals surface area contributed by atoms with E-state index in [0.29, 0.717) is 50.4 Å². The van der Waals surface area contributed by atoms with Crippen LogP contribution in [0.4, 0.5) is 23.6 Å². The van der Waals surface area contributed by atoms with Gasteiger partial charge in [0.2, 0.25) is 17.7 Å². The van der Waals surface area contributed by atoms with Gasteiger partial charge in [-0.25, -0.2) is 4.98 Å². The number of nitrogens with one attached hydrogen (secondary N) is 2. The molecule has 0 radical (unpaired) electrons. The SMILES string of the molecule is CCc1nc(Nc2ncc(C(=O)Nc3c(C)cc(C)cc3C)o2)nc(N2CCOCC2)n1. The molecule has 168 valence electrons. The molecule has 10 heteroatoms. The third-order valence-corrected chi connectivity index (χ3v) is 5.14. The molecule has 1 aliphatic rings. The fourth-order valence-corrected chi connectivity index (χ4v) is 3.61. The van der Waals surface area contributed by atoms with Gasteiger partial charge < -0.3 is 19.4 Å². The van der Waals surface area contributed by atoms with Crippen molar-refractivity contribution in [1.29, 1.82) is 0 Å². The smallest absolute Gasteiger partial charge is 0.302 e. The Labute approximate surface area is 186 Å². The molecule has 0 spiro atoms. The van der Waals surface area contributed by atoms with Crippen molar-refractivity contribution in [3.8, 4) is 0 Å². The number of oxazole rings is 1. The van der Waals surface area contributed by atoms with Gasteiger partial charge in [0, 0.05) is 25.2 Å². The molecule has 1 aromatic carbocycles. The number of aromatic nitrogens is 4. The van der Waals surface area contributed by atoms with Gasteiger partial charge in [-0.15, -0.1) is 0 Å². The van der Waals surface area contributed by atoms with E-state index in [2.05, 4.69) is 35.5 Å². The molecule has 1 saturated heterocycles. The van der Waals surface area contributed by atoms with E-state index in [4.69, 9.17) is 9.15 Å². The van der Waals surface area contributed by atoms with Crippen LogP contribution in [0.2, 0.25) is 0 Å². The minimum atomic E-state index is -0.375. The van der Waals surface area contributed by atoms with Gasteiger partial charge in [0.1, 0.15) is 5.82 Å². The van der Waals surface area contributed by atoms with Gasteiger partial charge in [0.15, 0.2) is 0 Å². The number of nitrogens with zero attached hydrogens (tertiary/aromatic N) is 5. The Morgan fingerprint density at radius 1 is 1.09 bits per heavy atom. The Morgan fingerprint density at radius 3 is 2.50 bits per heavy atom. The summed E-state index contributed by atoms with van der Waals surface area (Å²) in [7, 11) is 0. The first-order valence-electron chi connectivity index (χ1n) is 10.6. The van der Waals surface area contributed by atoms with E-state index < -0.39 is 0 Å². The second-order valence-corrected chi connectivity index (χ2v) is 7.71. The molecule has 2 N–H and O–H groups in total. The summed E-state index contributed by atoms with van der Waals surface area (Å²) in [5.41, 5.74) is 3.89. The van der Waals surface area contributed by atoms with Crippen molar-refractivity contribution < 1.29 is 13.9 Å². The van der Waals surface area contributed by atoms with Gasteiger partial charge in [-0.3, -0.25) is 10.1 Å². The van der Waals surface area contributed by atoms with Crippen molar-refractivity contribution >= 4 is 29.5 Å². The predicted octanol–water partition coefficient (Wildman–Crippen LogP) is 3.18. The number of morpholine rings is 1. The first-order chi connectivity index (χ1) is 15.4. The molecular weight excluding hydrogens is 410 g/mol. The lowest BCUT2D eigenvalue weighted by molar-refractivity contribution is 0.0997. The molecule has 3 aromatic rings. The lowest BCUT2D eigenvalue weighted by atomic mass is 10.1. The van der Waals surface area contributed by atoms with Crippen molar-refractivity contribution in [3.05, 3.63) is 46.6 Å². The van der Waals surface area contributed by atoms with Crippen LogP contribution >= 0.6 is 0 Å². The Hall–Kier alpha value is -3.53. The van der Waals surface area contributed by atoms with Crippen LogP contribution in [0.15, 0.2) is 22.7 Å². The summed E-state index contributed by atoms with van der Waals surface area (Å²) in [4.78, 5) is 32.3. The van der Waals surface area contributed by atoms with Crippen molar-refractivity contribution in [2.24, 2.45) is 0 Å². The summed E-state index contributed by atoms with van der Waals surface area (Å²) in [6.07, 6.45) is 2.03. The van der Waals surface area contributed by atoms with Crippen LogP contribution in [0.5, 0.6) is 0 Å². The lowest BCUT2D eigenvalue weighted by Gasteiger charge is -2.27. The van der Waals surface area contributed by atoms with Crippen LogP contribution in [0.1, 0.15) is 40.0 Å². The third-order valence-electron chi connectivity index (χ3n) is 5.14. The quantitative estimate of drug-likeness (QED) is 0.599. The fourth-order valence-electron chi connectivity index (χ4n) is 3.61. The highest BCUT2D eigenvalue weighted by atomic mass is 16.5. The topological polar surface area (TPSA) is 118 Å². The van der Waals surface area contributed by atoms with Crippen LogP contribution in [-0.2, 0) is 11.2 Å². The van der Waals surface area contributed by atoms with Crippen LogP contribution in [0.3, 0.4) is 0 Å². The summed E-state index contributed by atoms with van der Waals surface area (Å²) in [5.74, 6) is 1.26. The number of carbonyl (C=O) groups excluding carboxylic acids is 1. The zero-order chi connectivity index (χ0) is 22.7. The average Bonchev–Trinajstić information content (AvgIpc) is 3.25. The highest BCUT2D eigenvalue weighted by Gasteiger charge is 2.19. The zero-order valence-corrected chi connectivity index (χ0v) is 18.7. The lowest BCUT2D eigenvalue weighted by Crippen LogP contribution is -2.37. The highest BCUT2D eigenvalue weighted by molar-refractivity contribution is 6.03. The second kappa shape index (κ2) is 9.31. The van der Waals surface area contributed by atoms with Crippen LogP contribution in [-0.4, -0.2) is 52.1 Å². The molecule has 10 nitrogen and oxygen atoms in total. The van der Waals surface area contributed by atoms with E-state index in [-0.39, 0.29) is 17.7 Å². The Kier molecular flexibility index (Phi) is 6.31. The monoisotopic (exact) mass is 437 g/mol. The number of carbonyl (C=O) groups is 1. The van der Waals surface area contributed by atoms with Crippen LogP contribution in [0, 0.1) is 20.8 Å². The first kappa shape index (κ1) is 21.7. The molecule has 32 heavy (non-hydrogen) atoms. The molecule has 3 heterocycles. The van der Waals surface area contributed by atoms with Crippen molar-refractivity contribution in [2.45, 2.75) is 34.1 Å². The number of anilines is 4. The van der Waals surface area contributed by atoms with Crippen molar-refractivity contribution in [3.63, 3.8) is 0 Å². The van der Waals surface area contributed by atoms with E-state index in [1.54, 1.807) is 0 Å². The number of amides is 1. The van der Waals surface area contributed by atoms with Gasteiger partial charge in [-0.1, -0.05) is 24.6 Å². The summed E-state index contributed by atoms with van der Waals surface area (Å²) in [5, 5.41) is 5.86. The molecule has 1 aliphatic heterocycles. The Bertz CT molecular complexity index is 1100. The van der Waals surface area contributed by atoms with Gasteiger partial charge in [0.05, 0.1) is 19.4 Å². The summed E-state index contributed by atoms with van der Waals surface area (Å²) >= 11 is 0. The number of benzene rings is 1. The normalized spacial score (nSPS) is 13.8. The summed E-state index contributed by atoms with van der Waals surface area (Å²) < 4.78 is 11.0. The maximum Gasteiger partial charge on any atom is 0.302 e. The molecule has 0 aliphatic carbocycles. The standard InChI is InChI=1S/C22H27N7O3/c1-5-17-24-20(27-21(25-17)29-6-8-31-9-7-29)28-22-23-12-16(32-22)19(30)26-18-14(3)10-13(2)11-15(18)4/h10-12H,5-9H2,1-4H3,(H,26,30)(H,23,24,25,27,28). The molecule has 1 amide bonds. The van der Waals surface area contributed by atoms with Gasteiger partial charge in [-0.05, 0) is 31.9 Å². The predicted molar refractivity (Wildman–Crippen MR) is 121 cm³/mol. The first-order valence-corrected chi connectivity index (χ1v) is 10.6. The average molecular weight is 438 g/mol. The number of aryl methyl sites for hydroxylation is 4. The molecule has 0 atom stereocenters. The molecule has 4 rings (SSSR count). The van der Waals surface area contributed by atoms with Gasteiger partial charge in [-0.2, -0.15) is 15.0 Å². The van der Waals surface area contributed by atoms with E-state index in [1.807, 2.05) is 39.8 Å². The molecule has 0 saturated carbocycles. The second-order valence-electron chi connectivity index (χ2n) is 7.71. The largest absolute Gasteiger partial charge is 0.418 e. The van der Waals surface area contributed by atoms with E-state index in [0.717, 1.165) is 22.4 Å². The van der Waals surface area contributed by atoms with Gasteiger partial charge in [0.25, 0.3) is 5.91 Å². The van der Waals surface area contributed by atoms with E-state index in [1.165, 1.54) is 6.20 Å². The van der Waals surface area contributed by atoms with Crippen molar-refractivity contribution in [2.75, 3.05) is 41.8 Å². The maximum absolute atomic E-state index is 12.7. The number of hydrogen-bond acceptors (Lipinski definition) is 9. The fraction of sp³-hybridized carbons (Fsp3) is 0.409. The maximum atomic E-state index is 12.7. The van der Waals surface area contributed by atoms with E-state index in [9.17, 15) is 4.79 Å². The third kappa shape index (κ3) is 4.86. The zero-order valence-electron chi connectivity index (χ0n) is 18.7. The molecule has 0 bridgehead atoms. The Balaban J connectivity index is 1.50.